The standard InChI is InChI=1S/C20H26N2O2/c1-20(2,3)19(23)22-17-9-7-16(8-10-17)21-14-13-15-5-11-18(24-4)12-6-15/h5-12,21H,13-14H2,1-4H3,(H,22,23). The summed E-state index contributed by atoms with van der Waals surface area (Å²) in [5, 5.41) is 6.31. The summed E-state index contributed by atoms with van der Waals surface area (Å²) in [6.07, 6.45) is 0.937. The van der Waals surface area contributed by atoms with Crippen molar-refractivity contribution >= 4 is 17.3 Å². The predicted octanol–water partition coefficient (Wildman–Crippen LogP) is 4.33. The van der Waals surface area contributed by atoms with Gasteiger partial charge in [0.25, 0.3) is 0 Å². The van der Waals surface area contributed by atoms with E-state index in [2.05, 4.69) is 22.8 Å². The lowest BCUT2D eigenvalue weighted by Gasteiger charge is -2.17. The lowest BCUT2D eigenvalue weighted by atomic mass is 9.95. The Morgan fingerprint density at radius 1 is 0.958 bits per heavy atom. The molecular weight excluding hydrogens is 300 g/mol. The highest BCUT2D eigenvalue weighted by Gasteiger charge is 2.20. The molecule has 24 heavy (non-hydrogen) atoms. The Bertz CT molecular complexity index is 656. The first-order valence-corrected chi connectivity index (χ1v) is 8.17. The highest BCUT2D eigenvalue weighted by atomic mass is 16.5. The zero-order valence-electron chi connectivity index (χ0n) is 14.8. The molecule has 0 saturated carbocycles. The van der Waals surface area contributed by atoms with Gasteiger partial charge in [0.2, 0.25) is 5.91 Å². The predicted molar refractivity (Wildman–Crippen MR) is 99.7 cm³/mol. The van der Waals surface area contributed by atoms with Gasteiger partial charge in [-0.1, -0.05) is 32.9 Å². The van der Waals surface area contributed by atoms with Crippen LogP contribution in [0.1, 0.15) is 26.3 Å². The highest BCUT2D eigenvalue weighted by molar-refractivity contribution is 5.94. The van der Waals surface area contributed by atoms with Gasteiger partial charge in [-0.25, -0.2) is 0 Å². The smallest absolute Gasteiger partial charge is 0.229 e. The number of amides is 1. The summed E-state index contributed by atoms with van der Waals surface area (Å²) < 4.78 is 5.16. The van der Waals surface area contributed by atoms with E-state index in [4.69, 9.17) is 4.74 Å². The molecule has 0 saturated heterocycles. The van der Waals surface area contributed by atoms with Gasteiger partial charge in [0, 0.05) is 23.3 Å². The van der Waals surface area contributed by atoms with Crippen LogP contribution in [0.3, 0.4) is 0 Å². The Hall–Kier alpha value is -2.49. The Morgan fingerprint density at radius 2 is 1.54 bits per heavy atom. The second-order valence-electron chi connectivity index (χ2n) is 6.81. The number of benzene rings is 2. The summed E-state index contributed by atoms with van der Waals surface area (Å²) in [4.78, 5) is 12.0. The molecule has 1 amide bonds. The molecule has 0 bridgehead atoms. The van der Waals surface area contributed by atoms with Crippen molar-refractivity contribution in [2.75, 3.05) is 24.3 Å². The molecule has 0 radical (unpaired) electrons. The van der Waals surface area contributed by atoms with Gasteiger partial charge in [0.05, 0.1) is 7.11 Å². The number of ether oxygens (including phenoxy) is 1. The number of rotatable bonds is 6. The maximum Gasteiger partial charge on any atom is 0.229 e. The van der Waals surface area contributed by atoms with Crippen LogP contribution in [0.4, 0.5) is 11.4 Å². The van der Waals surface area contributed by atoms with Gasteiger partial charge in [-0.05, 0) is 48.4 Å². The van der Waals surface area contributed by atoms with Gasteiger partial charge in [0.15, 0.2) is 0 Å². The molecule has 2 rings (SSSR count). The molecule has 0 atom stereocenters. The lowest BCUT2D eigenvalue weighted by Crippen LogP contribution is -2.27. The molecule has 0 fully saturated rings. The van der Waals surface area contributed by atoms with E-state index in [-0.39, 0.29) is 5.91 Å². The fourth-order valence-electron chi connectivity index (χ4n) is 2.13. The molecule has 128 valence electrons. The average Bonchev–Trinajstić information content (AvgIpc) is 2.56. The summed E-state index contributed by atoms with van der Waals surface area (Å²) in [7, 11) is 1.67. The van der Waals surface area contributed by atoms with E-state index in [1.54, 1.807) is 7.11 Å². The van der Waals surface area contributed by atoms with E-state index in [1.165, 1.54) is 5.56 Å². The highest BCUT2D eigenvalue weighted by Crippen LogP contribution is 2.19. The van der Waals surface area contributed by atoms with E-state index in [0.29, 0.717) is 0 Å². The fourth-order valence-corrected chi connectivity index (χ4v) is 2.13. The van der Waals surface area contributed by atoms with Crippen LogP contribution < -0.4 is 15.4 Å². The van der Waals surface area contributed by atoms with Gasteiger partial charge in [-0.2, -0.15) is 0 Å². The summed E-state index contributed by atoms with van der Waals surface area (Å²) in [6.45, 7) is 6.55. The number of anilines is 2. The molecule has 0 aliphatic rings. The van der Waals surface area contributed by atoms with Crippen LogP contribution in [0.25, 0.3) is 0 Å². The molecule has 0 aromatic heterocycles. The monoisotopic (exact) mass is 326 g/mol. The van der Waals surface area contributed by atoms with Crippen LogP contribution >= 0.6 is 0 Å². The molecular formula is C20H26N2O2. The van der Waals surface area contributed by atoms with Gasteiger partial charge < -0.3 is 15.4 Å². The molecule has 2 N–H and O–H groups in total. The fraction of sp³-hybridized carbons (Fsp3) is 0.350. The Labute approximate surface area is 144 Å². The second-order valence-corrected chi connectivity index (χ2v) is 6.81. The SMILES string of the molecule is COc1ccc(CCNc2ccc(NC(=O)C(C)(C)C)cc2)cc1. The summed E-state index contributed by atoms with van der Waals surface area (Å²) in [5.74, 6) is 0.891. The first-order valence-electron chi connectivity index (χ1n) is 8.17. The number of methoxy groups -OCH3 is 1. The van der Waals surface area contributed by atoms with E-state index >= 15 is 0 Å². The van der Waals surface area contributed by atoms with Crippen LogP contribution in [0.2, 0.25) is 0 Å². The van der Waals surface area contributed by atoms with Crippen molar-refractivity contribution in [3.63, 3.8) is 0 Å². The topological polar surface area (TPSA) is 50.4 Å². The minimum absolute atomic E-state index is 0.0164. The van der Waals surface area contributed by atoms with Gasteiger partial charge >= 0.3 is 0 Å². The van der Waals surface area contributed by atoms with Crippen molar-refractivity contribution in [3.05, 3.63) is 54.1 Å². The second kappa shape index (κ2) is 7.86. The maximum absolute atomic E-state index is 12.0. The molecule has 4 heteroatoms. The van der Waals surface area contributed by atoms with Crippen LogP contribution in [-0.4, -0.2) is 19.6 Å². The van der Waals surface area contributed by atoms with Crippen LogP contribution in [0.5, 0.6) is 5.75 Å². The molecule has 0 aliphatic heterocycles. The summed E-state index contributed by atoms with van der Waals surface area (Å²) in [6, 6.07) is 15.9. The van der Waals surface area contributed by atoms with Crippen LogP contribution in [0, 0.1) is 5.41 Å². The third-order valence-corrected chi connectivity index (χ3v) is 3.73. The minimum Gasteiger partial charge on any atom is -0.497 e. The van der Waals surface area contributed by atoms with Crippen molar-refractivity contribution in [1.82, 2.24) is 0 Å². The number of nitrogens with one attached hydrogen (secondary N) is 2. The third kappa shape index (κ3) is 5.30. The van der Waals surface area contributed by atoms with Crippen molar-refractivity contribution in [1.29, 1.82) is 0 Å². The molecule has 0 unspecified atom stereocenters. The third-order valence-electron chi connectivity index (χ3n) is 3.73. The van der Waals surface area contributed by atoms with Gasteiger partial charge in [-0.3, -0.25) is 4.79 Å². The Morgan fingerprint density at radius 3 is 2.08 bits per heavy atom. The first kappa shape index (κ1) is 17.9. The lowest BCUT2D eigenvalue weighted by molar-refractivity contribution is -0.123. The number of hydrogen-bond acceptors (Lipinski definition) is 3. The molecule has 2 aromatic carbocycles. The summed E-state index contributed by atoms with van der Waals surface area (Å²) >= 11 is 0. The van der Waals surface area contributed by atoms with Crippen LogP contribution in [0.15, 0.2) is 48.5 Å². The number of hydrogen-bond donors (Lipinski definition) is 2. The Balaban J connectivity index is 1.82. The zero-order chi connectivity index (χ0) is 17.6. The largest absolute Gasteiger partial charge is 0.497 e. The molecule has 0 spiro atoms. The zero-order valence-corrected chi connectivity index (χ0v) is 14.8. The number of carbonyl (C=O) groups is 1. The van der Waals surface area contributed by atoms with Crippen molar-refractivity contribution in [2.45, 2.75) is 27.2 Å². The quantitative estimate of drug-likeness (QED) is 0.830. The average molecular weight is 326 g/mol. The van der Waals surface area contributed by atoms with Crippen molar-refractivity contribution in [3.8, 4) is 5.75 Å². The van der Waals surface area contributed by atoms with E-state index in [0.717, 1.165) is 30.1 Å². The molecule has 2 aromatic rings. The number of carbonyl (C=O) groups excluding carboxylic acids is 1. The Kier molecular flexibility index (Phi) is 5.85. The van der Waals surface area contributed by atoms with Gasteiger partial charge in [-0.15, -0.1) is 0 Å². The molecule has 0 heterocycles. The molecule has 4 nitrogen and oxygen atoms in total. The van der Waals surface area contributed by atoms with Crippen molar-refractivity contribution < 1.29 is 9.53 Å². The van der Waals surface area contributed by atoms with E-state index in [9.17, 15) is 4.79 Å². The summed E-state index contributed by atoms with van der Waals surface area (Å²) in [5.41, 5.74) is 2.72. The molecule has 0 aliphatic carbocycles. The first-order chi connectivity index (χ1) is 11.4. The maximum atomic E-state index is 12.0. The normalized spacial score (nSPS) is 11.0. The van der Waals surface area contributed by atoms with Gasteiger partial charge in [0.1, 0.15) is 5.75 Å². The van der Waals surface area contributed by atoms with E-state index in [1.807, 2.05) is 57.2 Å². The van der Waals surface area contributed by atoms with E-state index < -0.39 is 5.41 Å². The van der Waals surface area contributed by atoms with Crippen molar-refractivity contribution in [2.24, 2.45) is 5.41 Å². The van der Waals surface area contributed by atoms with Crippen LogP contribution in [-0.2, 0) is 11.2 Å². The minimum atomic E-state index is -0.394.